The predicted molar refractivity (Wildman–Crippen MR) is 63.1 cm³/mol. The Morgan fingerprint density at radius 3 is 2.83 bits per heavy atom. The lowest BCUT2D eigenvalue weighted by molar-refractivity contribution is -0.129. The van der Waals surface area contributed by atoms with E-state index in [1.807, 2.05) is 0 Å². The van der Waals surface area contributed by atoms with Crippen molar-refractivity contribution >= 4 is 23.3 Å². The number of fused-ring (bicyclic) bond motifs is 1. The van der Waals surface area contributed by atoms with Crippen molar-refractivity contribution in [3.05, 3.63) is 22.7 Å². The number of carboxylic acids is 1. The van der Waals surface area contributed by atoms with Gasteiger partial charge in [0, 0.05) is 11.6 Å². The number of benzene rings is 1. The lowest BCUT2D eigenvalue weighted by atomic mass is 10.2. The van der Waals surface area contributed by atoms with Gasteiger partial charge in [-0.15, -0.1) is 0 Å². The Bertz CT molecular complexity index is 514. The summed E-state index contributed by atoms with van der Waals surface area (Å²) >= 11 is 6.01. The number of rotatable bonds is 4. The standard InChI is InChI=1S/C11H10ClNO5/c1-6(11(14)15)13-18-4-7-2-9-10(3-8(7)12)17-5-16-9/h2-3H,4-5H2,1H3,(H,14,15)/b13-6+. The van der Waals surface area contributed by atoms with Gasteiger partial charge in [-0.05, 0) is 13.0 Å². The number of halogens is 1. The van der Waals surface area contributed by atoms with E-state index in [1.54, 1.807) is 12.1 Å². The Labute approximate surface area is 108 Å². The highest BCUT2D eigenvalue weighted by Gasteiger charge is 2.16. The molecule has 1 N–H and O–H groups in total. The van der Waals surface area contributed by atoms with Crippen LogP contribution in [0.1, 0.15) is 12.5 Å². The van der Waals surface area contributed by atoms with E-state index in [0.717, 1.165) is 0 Å². The van der Waals surface area contributed by atoms with Crippen LogP contribution >= 0.6 is 11.6 Å². The summed E-state index contributed by atoms with van der Waals surface area (Å²) in [6.45, 7) is 1.55. The van der Waals surface area contributed by atoms with Crippen LogP contribution in [0, 0.1) is 0 Å². The summed E-state index contributed by atoms with van der Waals surface area (Å²) in [5, 5.41) is 12.5. The second kappa shape index (κ2) is 5.14. The van der Waals surface area contributed by atoms with Gasteiger partial charge in [0.2, 0.25) is 6.79 Å². The average molecular weight is 272 g/mol. The van der Waals surface area contributed by atoms with E-state index in [2.05, 4.69) is 5.16 Å². The van der Waals surface area contributed by atoms with Crippen LogP contribution in [-0.4, -0.2) is 23.6 Å². The van der Waals surface area contributed by atoms with Crippen LogP contribution in [0.15, 0.2) is 17.3 Å². The molecule has 0 unspecified atom stereocenters. The maximum atomic E-state index is 10.5. The number of oxime groups is 1. The van der Waals surface area contributed by atoms with Gasteiger partial charge in [0.15, 0.2) is 17.2 Å². The smallest absolute Gasteiger partial charge is 0.353 e. The molecule has 0 saturated heterocycles. The first kappa shape index (κ1) is 12.5. The zero-order chi connectivity index (χ0) is 13.1. The van der Waals surface area contributed by atoms with Crippen molar-refractivity contribution in [1.29, 1.82) is 0 Å². The van der Waals surface area contributed by atoms with Gasteiger partial charge in [-0.1, -0.05) is 16.8 Å². The van der Waals surface area contributed by atoms with Gasteiger partial charge in [0.25, 0.3) is 0 Å². The van der Waals surface area contributed by atoms with E-state index >= 15 is 0 Å². The quantitative estimate of drug-likeness (QED) is 0.670. The summed E-state index contributed by atoms with van der Waals surface area (Å²) in [5.41, 5.74) is 0.509. The van der Waals surface area contributed by atoms with Gasteiger partial charge in [0.1, 0.15) is 6.61 Å². The average Bonchev–Trinajstić information content (AvgIpc) is 2.75. The summed E-state index contributed by atoms with van der Waals surface area (Å²) in [6, 6.07) is 3.30. The molecule has 0 radical (unpaired) electrons. The van der Waals surface area contributed by atoms with Gasteiger partial charge in [0.05, 0.1) is 5.02 Å². The molecule has 7 heteroatoms. The molecule has 1 aromatic carbocycles. The number of aliphatic carboxylic acids is 1. The molecule has 2 rings (SSSR count). The Morgan fingerprint density at radius 2 is 2.17 bits per heavy atom. The number of nitrogens with zero attached hydrogens (tertiary/aromatic N) is 1. The summed E-state index contributed by atoms with van der Waals surface area (Å²) < 4.78 is 10.3. The maximum Gasteiger partial charge on any atom is 0.353 e. The summed E-state index contributed by atoms with van der Waals surface area (Å²) in [5.74, 6) is 0.0256. The van der Waals surface area contributed by atoms with Crippen LogP contribution in [-0.2, 0) is 16.2 Å². The van der Waals surface area contributed by atoms with E-state index in [1.165, 1.54) is 6.92 Å². The second-order valence-electron chi connectivity index (χ2n) is 3.55. The lowest BCUT2D eigenvalue weighted by Crippen LogP contribution is -2.08. The molecule has 6 nitrogen and oxygen atoms in total. The first-order valence-corrected chi connectivity index (χ1v) is 5.43. The largest absolute Gasteiger partial charge is 0.477 e. The number of ether oxygens (including phenoxy) is 2. The zero-order valence-electron chi connectivity index (χ0n) is 9.47. The minimum absolute atomic E-state index is 0.0556. The molecular formula is C11H10ClNO5. The van der Waals surface area contributed by atoms with Crippen LogP contribution in [0.25, 0.3) is 0 Å². The molecule has 18 heavy (non-hydrogen) atoms. The van der Waals surface area contributed by atoms with E-state index in [9.17, 15) is 4.79 Å². The number of hydrogen-bond acceptors (Lipinski definition) is 5. The van der Waals surface area contributed by atoms with Crippen molar-refractivity contribution < 1.29 is 24.2 Å². The van der Waals surface area contributed by atoms with Crippen LogP contribution in [0.2, 0.25) is 5.02 Å². The minimum Gasteiger partial charge on any atom is -0.477 e. The number of carboxylic acid groups (broad SMARTS) is 1. The number of carbonyl (C=O) groups is 1. The molecule has 0 aromatic heterocycles. The van der Waals surface area contributed by atoms with Crippen molar-refractivity contribution in [1.82, 2.24) is 0 Å². The Morgan fingerprint density at radius 1 is 1.50 bits per heavy atom. The second-order valence-corrected chi connectivity index (χ2v) is 3.96. The van der Waals surface area contributed by atoms with Crippen molar-refractivity contribution in [2.24, 2.45) is 5.16 Å². The van der Waals surface area contributed by atoms with Crippen LogP contribution in [0.3, 0.4) is 0 Å². The van der Waals surface area contributed by atoms with Crippen LogP contribution < -0.4 is 9.47 Å². The molecule has 0 bridgehead atoms. The van der Waals surface area contributed by atoms with Gasteiger partial charge < -0.3 is 19.4 Å². The highest BCUT2D eigenvalue weighted by Crippen LogP contribution is 2.36. The maximum absolute atomic E-state index is 10.5. The fraction of sp³-hybridized carbons (Fsp3) is 0.273. The highest BCUT2D eigenvalue weighted by molar-refractivity contribution is 6.34. The molecule has 0 amide bonds. The number of hydrogen-bond donors (Lipinski definition) is 1. The Kier molecular flexibility index (Phi) is 3.57. The van der Waals surface area contributed by atoms with Crippen molar-refractivity contribution in [3.8, 4) is 11.5 Å². The Hall–Kier alpha value is -1.95. The summed E-state index contributed by atoms with van der Waals surface area (Å²) in [6.07, 6.45) is 0. The van der Waals surface area contributed by atoms with Crippen LogP contribution in [0.4, 0.5) is 0 Å². The molecule has 0 atom stereocenters. The topological polar surface area (TPSA) is 77.3 Å². The van der Waals surface area contributed by atoms with Crippen molar-refractivity contribution in [2.75, 3.05) is 6.79 Å². The molecule has 1 aliphatic heterocycles. The summed E-state index contributed by atoms with van der Waals surface area (Å²) in [4.78, 5) is 15.4. The fourth-order valence-corrected chi connectivity index (χ4v) is 1.52. The molecule has 1 aromatic rings. The summed E-state index contributed by atoms with van der Waals surface area (Å²) in [7, 11) is 0. The highest BCUT2D eigenvalue weighted by atomic mass is 35.5. The molecule has 1 aliphatic rings. The van der Waals surface area contributed by atoms with E-state index in [4.69, 9.17) is 31.0 Å². The van der Waals surface area contributed by atoms with Crippen molar-refractivity contribution in [3.63, 3.8) is 0 Å². The van der Waals surface area contributed by atoms with Gasteiger partial charge >= 0.3 is 5.97 Å². The third-order valence-electron chi connectivity index (χ3n) is 2.27. The first-order chi connectivity index (χ1) is 8.58. The predicted octanol–water partition coefficient (Wildman–Crippen LogP) is 2.05. The molecule has 0 saturated carbocycles. The fourth-order valence-electron chi connectivity index (χ4n) is 1.31. The van der Waals surface area contributed by atoms with E-state index < -0.39 is 5.97 Å². The van der Waals surface area contributed by atoms with Crippen molar-refractivity contribution in [2.45, 2.75) is 13.5 Å². The molecule has 1 heterocycles. The first-order valence-electron chi connectivity index (χ1n) is 5.06. The SMILES string of the molecule is C/C(=N\OCc1cc2c(cc1Cl)OCO2)C(=O)O. The van der Waals surface area contributed by atoms with E-state index in [0.29, 0.717) is 22.1 Å². The molecule has 0 aliphatic carbocycles. The van der Waals surface area contributed by atoms with Gasteiger partial charge in [-0.25, -0.2) is 4.79 Å². The molecule has 0 fully saturated rings. The Balaban J connectivity index is 2.06. The normalized spacial score (nSPS) is 13.6. The minimum atomic E-state index is -1.13. The molecular weight excluding hydrogens is 262 g/mol. The zero-order valence-corrected chi connectivity index (χ0v) is 10.2. The van der Waals surface area contributed by atoms with E-state index in [-0.39, 0.29) is 19.1 Å². The third-order valence-corrected chi connectivity index (χ3v) is 2.62. The van der Waals surface area contributed by atoms with Crippen LogP contribution in [0.5, 0.6) is 11.5 Å². The van der Waals surface area contributed by atoms with Gasteiger partial charge in [-0.2, -0.15) is 0 Å². The third kappa shape index (κ3) is 2.65. The lowest BCUT2D eigenvalue weighted by Gasteiger charge is -2.05. The molecule has 96 valence electrons. The monoisotopic (exact) mass is 271 g/mol. The van der Waals surface area contributed by atoms with Gasteiger partial charge in [-0.3, -0.25) is 0 Å². The molecule has 0 spiro atoms.